The van der Waals surface area contributed by atoms with Crippen LogP contribution in [0.3, 0.4) is 0 Å². The zero-order valence-electron chi connectivity index (χ0n) is 22.5. The van der Waals surface area contributed by atoms with Crippen LogP contribution in [0, 0.1) is 0 Å². The van der Waals surface area contributed by atoms with E-state index in [0.29, 0.717) is 30.1 Å². The van der Waals surface area contributed by atoms with Gasteiger partial charge in [0.1, 0.15) is 17.1 Å². The van der Waals surface area contributed by atoms with Crippen molar-refractivity contribution in [2.24, 2.45) is 4.99 Å². The van der Waals surface area contributed by atoms with E-state index in [4.69, 9.17) is 4.74 Å². The summed E-state index contributed by atoms with van der Waals surface area (Å²) in [7, 11) is 3.18. The summed E-state index contributed by atoms with van der Waals surface area (Å²) in [5, 5.41) is 9.73. The van der Waals surface area contributed by atoms with Crippen LogP contribution in [0.5, 0.6) is 0 Å². The summed E-state index contributed by atoms with van der Waals surface area (Å²) in [5.74, 6) is -0.904. The van der Waals surface area contributed by atoms with Crippen LogP contribution >= 0.6 is 11.8 Å². The Bertz CT molecular complexity index is 1040. The summed E-state index contributed by atoms with van der Waals surface area (Å²) in [6, 6.07) is 7.65. The first-order valence-electron chi connectivity index (χ1n) is 12.7. The van der Waals surface area contributed by atoms with Crippen LogP contribution in [0.1, 0.15) is 52.5 Å². The van der Waals surface area contributed by atoms with Gasteiger partial charge in [0, 0.05) is 30.7 Å². The summed E-state index contributed by atoms with van der Waals surface area (Å²) in [4.78, 5) is 46.3. The number of carbonyl (C=O) groups is 3. The largest absolute Gasteiger partial charge is 0.376 e. The van der Waals surface area contributed by atoms with E-state index in [-0.39, 0.29) is 23.0 Å². The van der Waals surface area contributed by atoms with E-state index in [0.717, 1.165) is 12.0 Å². The molecule has 0 aliphatic carbocycles. The molecule has 10 heteroatoms. The highest BCUT2D eigenvalue weighted by Crippen LogP contribution is 2.33. The van der Waals surface area contributed by atoms with Crippen molar-refractivity contribution in [3.05, 3.63) is 40.9 Å². The molecular formula is C27H39N5O4S. The second-order valence-electron chi connectivity index (χ2n) is 9.96. The summed E-state index contributed by atoms with van der Waals surface area (Å²) in [6.45, 7) is 7.74. The Labute approximate surface area is 223 Å². The van der Waals surface area contributed by atoms with Crippen molar-refractivity contribution in [3.63, 3.8) is 0 Å². The summed E-state index contributed by atoms with van der Waals surface area (Å²) < 4.78 is 5.59. The molecule has 2 aliphatic heterocycles. The van der Waals surface area contributed by atoms with E-state index < -0.39 is 23.7 Å². The zero-order chi connectivity index (χ0) is 27.2. The number of methoxy groups -OCH3 is 1. The second-order valence-corrected chi connectivity index (χ2v) is 11.4. The number of amides is 3. The Morgan fingerprint density at radius 2 is 1.92 bits per heavy atom. The van der Waals surface area contributed by atoms with E-state index in [2.05, 4.69) is 27.9 Å². The van der Waals surface area contributed by atoms with Gasteiger partial charge in [0.15, 0.2) is 0 Å². The summed E-state index contributed by atoms with van der Waals surface area (Å²) in [5.41, 5.74) is 0.651. The average Bonchev–Trinajstić information content (AvgIpc) is 3.31. The number of nitrogens with one attached hydrogen (secondary N) is 3. The van der Waals surface area contributed by atoms with Gasteiger partial charge >= 0.3 is 0 Å². The first-order valence-corrected chi connectivity index (χ1v) is 13.6. The number of aliphatic imine (C=N–C) groups is 1. The Hall–Kier alpha value is -2.69. The minimum absolute atomic E-state index is 0.234. The fourth-order valence-electron chi connectivity index (χ4n) is 4.26. The van der Waals surface area contributed by atoms with Gasteiger partial charge in [-0.25, -0.2) is 0 Å². The van der Waals surface area contributed by atoms with Crippen molar-refractivity contribution in [1.82, 2.24) is 20.9 Å². The summed E-state index contributed by atoms with van der Waals surface area (Å²) in [6.07, 6.45) is 3.90. The van der Waals surface area contributed by atoms with Gasteiger partial charge in [-0.15, -0.1) is 11.8 Å². The van der Waals surface area contributed by atoms with Gasteiger partial charge in [-0.05, 0) is 47.1 Å². The van der Waals surface area contributed by atoms with E-state index in [9.17, 15) is 14.4 Å². The van der Waals surface area contributed by atoms with Crippen LogP contribution in [0.25, 0.3) is 5.70 Å². The number of ether oxygens (including phenoxy) is 1. The van der Waals surface area contributed by atoms with Crippen molar-refractivity contribution < 1.29 is 19.1 Å². The third kappa shape index (κ3) is 7.00. The number of hydrogen-bond acceptors (Lipinski definition) is 7. The number of benzene rings is 1. The van der Waals surface area contributed by atoms with Crippen LogP contribution in [-0.4, -0.2) is 78.5 Å². The van der Waals surface area contributed by atoms with E-state index in [1.807, 2.05) is 36.5 Å². The Morgan fingerprint density at radius 1 is 1.22 bits per heavy atom. The molecule has 3 amide bonds. The van der Waals surface area contributed by atoms with Crippen molar-refractivity contribution in [1.29, 1.82) is 0 Å². The molecule has 0 saturated carbocycles. The highest BCUT2D eigenvalue weighted by Gasteiger charge is 2.44. The monoisotopic (exact) mass is 529 g/mol. The lowest BCUT2D eigenvalue weighted by Gasteiger charge is -2.37. The van der Waals surface area contributed by atoms with Crippen molar-refractivity contribution in [2.45, 2.75) is 75.9 Å². The maximum absolute atomic E-state index is 13.8. The molecule has 1 saturated heterocycles. The van der Waals surface area contributed by atoms with Gasteiger partial charge in [-0.3, -0.25) is 19.4 Å². The van der Waals surface area contributed by atoms with Crippen molar-refractivity contribution in [2.75, 3.05) is 20.7 Å². The van der Waals surface area contributed by atoms with Crippen molar-refractivity contribution in [3.8, 4) is 0 Å². The van der Waals surface area contributed by atoms with E-state index in [1.54, 1.807) is 44.5 Å². The van der Waals surface area contributed by atoms with Crippen LogP contribution < -0.4 is 16.0 Å². The van der Waals surface area contributed by atoms with Crippen molar-refractivity contribution >= 4 is 41.4 Å². The lowest BCUT2D eigenvalue weighted by Crippen LogP contribution is -2.62. The molecule has 37 heavy (non-hydrogen) atoms. The Morgan fingerprint density at radius 3 is 2.57 bits per heavy atom. The fourth-order valence-corrected chi connectivity index (χ4v) is 5.29. The minimum Gasteiger partial charge on any atom is -0.376 e. The van der Waals surface area contributed by atoms with Crippen LogP contribution in [0.4, 0.5) is 0 Å². The number of thioether (sulfide) groups is 1. The average molecular weight is 530 g/mol. The standard InChI is InChI=1S/C27H39N5O4S/c1-17-14-15-29-21(19-11-8-7-9-12-19)25(37-17)31-24(34)20-13-10-16-32(20)26(35)22(27(3,4)36-6)30-23(33)18(2)28-5/h7-9,11-12,15,17-18,20,22,28H,10,13-14,16H2,1-6H3,(H,30,33)(H,31,34)/t17?,18-,20-,22?/m0/s1. The number of hydrogen-bond donors (Lipinski definition) is 3. The maximum atomic E-state index is 13.8. The van der Waals surface area contributed by atoms with Crippen LogP contribution in [0.15, 0.2) is 40.4 Å². The molecule has 3 N–H and O–H groups in total. The van der Waals surface area contributed by atoms with Crippen LogP contribution in [0.2, 0.25) is 0 Å². The number of nitrogens with zero attached hydrogens (tertiary/aromatic N) is 2. The van der Waals surface area contributed by atoms with Gasteiger partial charge in [0.25, 0.3) is 0 Å². The molecule has 1 aromatic carbocycles. The minimum atomic E-state index is -0.978. The molecule has 2 aliphatic rings. The molecule has 0 aromatic heterocycles. The molecule has 0 spiro atoms. The highest BCUT2D eigenvalue weighted by atomic mass is 32.2. The fraction of sp³-hybridized carbons (Fsp3) is 0.556. The third-order valence-electron chi connectivity index (χ3n) is 6.90. The molecule has 3 rings (SSSR count). The normalized spacial score (nSPS) is 21.8. The molecule has 1 fully saturated rings. The molecule has 202 valence electrons. The topological polar surface area (TPSA) is 112 Å². The molecule has 4 atom stereocenters. The van der Waals surface area contributed by atoms with Gasteiger partial charge in [0.05, 0.1) is 17.3 Å². The third-order valence-corrected chi connectivity index (χ3v) is 8.02. The lowest BCUT2D eigenvalue weighted by molar-refractivity contribution is -0.148. The Kier molecular flexibility index (Phi) is 9.92. The molecular weight excluding hydrogens is 490 g/mol. The maximum Gasteiger partial charge on any atom is 0.248 e. The van der Waals surface area contributed by atoms with Gasteiger partial charge in [-0.2, -0.15) is 0 Å². The van der Waals surface area contributed by atoms with Gasteiger partial charge < -0.3 is 25.6 Å². The number of likely N-dealkylation sites (tertiary alicyclic amines) is 1. The number of carbonyl (C=O) groups excluding carboxylic acids is 3. The predicted molar refractivity (Wildman–Crippen MR) is 148 cm³/mol. The lowest BCUT2D eigenvalue weighted by atomic mass is 9.96. The molecule has 9 nitrogen and oxygen atoms in total. The SMILES string of the molecule is CN[C@@H](C)C(=O)NC(C(=O)N1CCC[C@H]1C(=O)NC1=C(c2ccccc2)N=CCC(C)S1)C(C)(C)OC. The quantitative estimate of drug-likeness (QED) is 0.453. The molecule has 2 heterocycles. The molecule has 0 bridgehead atoms. The van der Waals surface area contributed by atoms with E-state index >= 15 is 0 Å². The predicted octanol–water partition coefficient (Wildman–Crippen LogP) is 2.53. The van der Waals surface area contributed by atoms with E-state index in [1.165, 1.54) is 7.11 Å². The Balaban J connectivity index is 1.86. The molecule has 0 radical (unpaired) electrons. The smallest absolute Gasteiger partial charge is 0.248 e. The number of rotatable bonds is 9. The number of likely N-dealkylation sites (N-methyl/N-ethyl adjacent to an activating group) is 1. The summed E-state index contributed by atoms with van der Waals surface area (Å²) >= 11 is 1.57. The first kappa shape index (κ1) is 28.9. The van der Waals surface area contributed by atoms with Gasteiger partial charge in [0.2, 0.25) is 17.7 Å². The molecule has 2 unspecified atom stereocenters. The van der Waals surface area contributed by atoms with Gasteiger partial charge in [-0.1, -0.05) is 37.3 Å². The van der Waals surface area contributed by atoms with Crippen LogP contribution in [-0.2, 0) is 19.1 Å². The first-order chi connectivity index (χ1) is 17.6. The second kappa shape index (κ2) is 12.7. The molecule has 1 aromatic rings. The zero-order valence-corrected chi connectivity index (χ0v) is 23.4. The highest BCUT2D eigenvalue weighted by molar-refractivity contribution is 8.03.